The second kappa shape index (κ2) is 13.1. The SMILES string of the molecule is CC(C)(CO)c1ccccc1CCCSC[C@@]1(c2cccc(/C=C/c3ccc4sc(Cl)c(Cl)c4n3)c2)CC1CC(=O)O. The first-order chi connectivity index (χ1) is 20.1. The van der Waals surface area contributed by atoms with E-state index in [-0.39, 0.29) is 29.8 Å². The van der Waals surface area contributed by atoms with Gasteiger partial charge in [0.15, 0.2) is 0 Å². The molecule has 1 unspecified atom stereocenters. The molecule has 2 heterocycles. The van der Waals surface area contributed by atoms with Crippen LogP contribution in [0.3, 0.4) is 0 Å². The third kappa shape index (κ3) is 6.89. The molecular formula is C34H35Cl2NO3S2. The average molecular weight is 641 g/mol. The quantitative estimate of drug-likeness (QED) is 0.143. The Morgan fingerprint density at radius 3 is 2.74 bits per heavy atom. The first-order valence-electron chi connectivity index (χ1n) is 14.1. The van der Waals surface area contributed by atoms with Crippen molar-refractivity contribution in [3.05, 3.63) is 98.0 Å². The molecule has 4 nitrogen and oxygen atoms in total. The number of hydrogen-bond acceptors (Lipinski definition) is 5. The molecule has 4 aromatic rings. The van der Waals surface area contributed by atoms with Crippen molar-refractivity contribution in [1.82, 2.24) is 4.98 Å². The van der Waals surface area contributed by atoms with Crippen LogP contribution < -0.4 is 0 Å². The lowest BCUT2D eigenvalue weighted by molar-refractivity contribution is -0.137. The van der Waals surface area contributed by atoms with Crippen LogP contribution in [0.2, 0.25) is 9.36 Å². The third-order valence-corrected chi connectivity index (χ3v) is 11.5. The zero-order valence-electron chi connectivity index (χ0n) is 23.8. The van der Waals surface area contributed by atoms with Crippen molar-refractivity contribution in [2.75, 3.05) is 18.1 Å². The Balaban J connectivity index is 1.26. The van der Waals surface area contributed by atoms with Crippen LogP contribution in [0.4, 0.5) is 0 Å². The van der Waals surface area contributed by atoms with Crippen LogP contribution in [0.5, 0.6) is 0 Å². The van der Waals surface area contributed by atoms with Gasteiger partial charge in [0.2, 0.25) is 0 Å². The Morgan fingerprint density at radius 2 is 1.95 bits per heavy atom. The number of fused-ring (bicyclic) bond motifs is 1. The number of benzene rings is 2. The van der Waals surface area contributed by atoms with Crippen molar-refractivity contribution in [3.63, 3.8) is 0 Å². The van der Waals surface area contributed by atoms with E-state index in [2.05, 4.69) is 61.3 Å². The number of rotatable bonds is 13. The highest BCUT2D eigenvalue weighted by Crippen LogP contribution is 2.58. The van der Waals surface area contributed by atoms with E-state index < -0.39 is 5.97 Å². The van der Waals surface area contributed by atoms with E-state index in [1.807, 2.05) is 42.1 Å². The molecule has 1 aliphatic rings. The van der Waals surface area contributed by atoms with Crippen molar-refractivity contribution >= 4 is 74.6 Å². The van der Waals surface area contributed by atoms with E-state index in [1.54, 1.807) is 0 Å². The predicted molar refractivity (Wildman–Crippen MR) is 179 cm³/mol. The molecule has 1 fully saturated rings. The summed E-state index contributed by atoms with van der Waals surface area (Å²) < 4.78 is 1.51. The predicted octanol–water partition coefficient (Wildman–Crippen LogP) is 9.14. The van der Waals surface area contributed by atoms with E-state index in [1.165, 1.54) is 28.0 Å². The number of thioether (sulfide) groups is 1. The van der Waals surface area contributed by atoms with E-state index in [4.69, 9.17) is 23.2 Å². The number of pyridine rings is 1. The number of carbonyl (C=O) groups is 1. The highest BCUT2D eigenvalue weighted by atomic mass is 35.5. The monoisotopic (exact) mass is 639 g/mol. The normalized spacial score (nSPS) is 18.6. The van der Waals surface area contributed by atoms with E-state index >= 15 is 0 Å². The van der Waals surface area contributed by atoms with Gasteiger partial charge in [-0.15, -0.1) is 11.3 Å². The highest BCUT2D eigenvalue weighted by Gasteiger charge is 2.55. The summed E-state index contributed by atoms with van der Waals surface area (Å²) in [7, 11) is 0. The van der Waals surface area contributed by atoms with Crippen LogP contribution in [0.25, 0.3) is 22.4 Å². The van der Waals surface area contributed by atoms with E-state index in [0.29, 0.717) is 14.9 Å². The van der Waals surface area contributed by atoms with Gasteiger partial charge >= 0.3 is 5.97 Å². The fourth-order valence-corrected chi connectivity index (χ4v) is 8.53. The molecule has 220 valence electrons. The Bertz CT molecular complexity index is 1620. The first-order valence-corrected chi connectivity index (χ1v) is 16.9. The molecule has 2 N–H and O–H groups in total. The lowest BCUT2D eigenvalue weighted by Gasteiger charge is -2.25. The Morgan fingerprint density at radius 1 is 1.14 bits per heavy atom. The number of nitrogens with zero attached hydrogens (tertiary/aromatic N) is 1. The summed E-state index contributed by atoms with van der Waals surface area (Å²) in [4.78, 5) is 16.3. The molecule has 0 saturated heterocycles. The summed E-state index contributed by atoms with van der Waals surface area (Å²) in [5.74, 6) is 1.30. The van der Waals surface area contributed by atoms with Crippen molar-refractivity contribution in [2.24, 2.45) is 5.92 Å². The minimum atomic E-state index is -0.736. The highest BCUT2D eigenvalue weighted by molar-refractivity contribution is 7.99. The number of aliphatic hydroxyl groups excluding tert-OH is 1. The van der Waals surface area contributed by atoms with Gasteiger partial charge in [0.05, 0.1) is 22.0 Å². The number of carboxylic acid groups (broad SMARTS) is 1. The van der Waals surface area contributed by atoms with E-state index in [0.717, 1.165) is 46.7 Å². The molecule has 1 saturated carbocycles. The molecule has 42 heavy (non-hydrogen) atoms. The molecule has 0 radical (unpaired) electrons. The van der Waals surface area contributed by atoms with Gasteiger partial charge in [0, 0.05) is 23.0 Å². The van der Waals surface area contributed by atoms with Crippen LogP contribution in [-0.2, 0) is 22.0 Å². The molecule has 2 aromatic heterocycles. The van der Waals surface area contributed by atoms with Gasteiger partial charge in [0.25, 0.3) is 0 Å². The lowest BCUT2D eigenvalue weighted by atomic mass is 9.81. The Hall–Kier alpha value is -2.35. The standard InChI is InChI=1S/C34H35Cl2NO3S2/c1-33(2,20-38)27-11-4-3-8-23(27)9-6-16-41-21-34(19-25(34)18-29(39)40)24-10-5-7-22(17-24)12-13-26-14-15-28-31(37-26)30(35)32(36)42-28/h3-5,7-8,10-15,17,25,38H,6,9,16,18-21H2,1-2H3,(H,39,40)/b13-12+/t25?,34-/m1/s1. The molecular weight excluding hydrogens is 605 g/mol. The molecule has 2 atom stereocenters. The first kappa shape index (κ1) is 31.1. The third-order valence-electron chi connectivity index (χ3n) is 8.26. The Kier molecular flexibility index (Phi) is 9.70. The largest absolute Gasteiger partial charge is 0.481 e. The maximum atomic E-state index is 11.6. The molecule has 8 heteroatoms. The van der Waals surface area contributed by atoms with Gasteiger partial charge in [-0.25, -0.2) is 4.98 Å². The summed E-state index contributed by atoms with van der Waals surface area (Å²) in [5.41, 5.74) is 5.88. The summed E-state index contributed by atoms with van der Waals surface area (Å²) in [5, 5.41) is 19.9. The number of carboxylic acids is 1. The van der Waals surface area contributed by atoms with Gasteiger partial charge in [-0.1, -0.05) is 91.7 Å². The summed E-state index contributed by atoms with van der Waals surface area (Å²) in [6.45, 7) is 4.27. The topological polar surface area (TPSA) is 70.4 Å². The number of aromatic nitrogens is 1. The number of aliphatic carboxylic acids is 1. The summed E-state index contributed by atoms with van der Waals surface area (Å²) >= 11 is 15.8. The van der Waals surface area contributed by atoms with Crippen LogP contribution in [0.1, 0.15) is 61.1 Å². The fourth-order valence-electron chi connectivity index (χ4n) is 5.74. The minimum absolute atomic E-state index is 0.115. The van der Waals surface area contributed by atoms with Crippen LogP contribution in [0.15, 0.2) is 60.7 Å². The smallest absolute Gasteiger partial charge is 0.303 e. The summed E-state index contributed by atoms with van der Waals surface area (Å²) in [6, 6.07) is 20.8. The van der Waals surface area contributed by atoms with Crippen molar-refractivity contribution < 1.29 is 15.0 Å². The van der Waals surface area contributed by atoms with E-state index in [9.17, 15) is 15.0 Å². The average Bonchev–Trinajstić information content (AvgIpc) is 3.60. The molecule has 0 spiro atoms. The number of aliphatic hydroxyl groups is 1. The molecule has 0 aliphatic heterocycles. The van der Waals surface area contributed by atoms with Crippen molar-refractivity contribution in [1.29, 1.82) is 0 Å². The van der Waals surface area contributed by atoms with Gasteiger partial charge < -0.3 is 10.2 Å². The number of thiophene rings is 1. The maximum Gasteiger partial charge on any atom is 0.303 e. The van der Waals surface area contributed by atoms with Crippen molar-refractivity contribution in [2.45, 2.75) is 50.4 Å². The van der Waals surface area contributed by atoms with Crippen LogP contribution >= 0.6 is 46.3 Å². The second-order valence-electron chi connectivity index (χ2n) is 11.7. The van der Waals surface area contributed by atoms with Gasteiger partial charge in [0.1, 0.15) is 9.85 Å². The zero-order chi connectivity index (χ0) is 29.9. The number of aryl methyl sites for hydroxylation is 1. The fraction of sp³-hybridized carbons (Fsp3) is 0.353. The second-order valence-corrected chi connectivity index (χ2v) is 14.9. The summed E-state index contributed by atoms with van der Waals surface area (Å²) in [6.07, 6.45) is 7.09. The van der Waals surface area contributed by atoms with Crippen molar-refractivity contribution in [3.8, 4) is 0 Å². The zero-order valence-corrected chi connectivity index (χ0v) is 26.9. The molecule has 0 bridgehead atoms. The van der Waals surface area contributed by atoms with Gasteiger partial charge in [-0.05, 0) is 71.4 Å². The maximum absolute atomic E-state index is 11.6. The van der Waals surface area contributed by atoms with Crippen LogP contribution in [0, 0.1) is 5.92 Å². The number of halogens is 2. The number of hydrogen-bond donors (Lipinski definition) is 2. The molecule has 0 amide bonds. The lowest BCUT2D eigenvalue weighted by Crippen LogP contribution is -2.23. The van der Waals surface area contributed by atoms with Crippen LogP contribution in [-0.4, -0.2) is 39.3 Å². The molecule has 5 rings (SSSR count). The molecule has 1 aliphatic carbocycles. The minimum Gasteiger partial charge on any atom is -0.481 e. The molecule has 2 aromatic carbocycles. The van der Waals surface area contributed by atoms with Gasteiger partial charge in [-0.3, -0.25) is 4.79 Å². The van der Waals surface area contributed by atoms with Gasteiger partial charge in [-0.2, -0.15) is 11.8 Å². The Labute approximate surface area is 265 Å².